The fourth-order valence-electron chi connectivity index (χ4n) is 1.50. The van der Waals surface area contributed by atoms with E-state index in [0.29, 0.717) is 6.54 Å². The maximum absolute atomic E-state index is 11.7. The molecule has 1 N–H and O–H groups in total. The topological polar surface area (TPSA) is 45.2 Å². The Labute approximate surface area is 96.7 Å². The molecule has 0 aliphatic rings. The average molecular weight is 221 g/mol. The van der Waals surface area contributed by atoms with Crippen molar-refractivity contribution >= 4 is 11.7 Å². The minimum atomic E-state index is 0.105. The summed E-state index contributed by atoms with van der Waals surface area (Å²) in [5.74, 6) is 0.855. The number of amides is 1. The lowest BCUT2D eigenvalue weighted by molar-refractivity contribution is -0.128. The molecule has 4 heteroatoms. The van der Waals surface area contributed by atoms with Crippen LogP contribution in [0.25, 0.3) is 0 Å². The van der Waals surface area contributed by atoms with Crippen LogP contribution in [0.15, 0.2) is 18.2 Å². The zero-order valence-electron chi connectivity index (χ0n) is 10.2. The first kappa shape index (κ1) is 12.5. The first-order valence-corrected chi connectivity index (χ1v) is 5.62. The van der Waals surface area contributed by atoms with Crippen molar-refractivity contribution < 1.29 is 4.79 Å². The van der Waals surface area contributed by atoms with E-state index in [1.54, 1.807) is 4.90 Å². The van der Waals surface area contributed by atoms with Crippen LogP contribution in [0.5, 0.6) is 0 Å². The maximum Gasteiger partial charge on any atom is 0.241 e. The number of pyridine rings is 1. The van der Waals surface area contributed by atoms with Gasteiger partial charge in [0.1, 0.15) is 5.82 Å². The molecule has 1 aromatic heterocycles. The molecule has 0 saturated heterocycles. The van der Waals surface area contributed by atoms with E-state index >= 15 is 0 Å². The van der Waals surface area contributed by atoms with Gasteiger partial charge in [-0.15, -0.1) is 0 Å². The van der Waals surface area contributed by atoms with Gasteiger partial charge in [-0.3, -0.25) is 4.79 Å². The molecule has 16 heavy (non-hydrogen) atoms. The predicted octanol–water partition coefficient (Wildman–Crippen LogP) is 1.67. The summed E-state index contributed by atoms with van der Waals surface area (Å²) in [6.45, 7) is 7.69. The second kappa shape index (κ2) is 6.10. The Morgan fingerprint density at radius 3 is 2.62 bits per heavy atom. The molecule has 0 aliphatic carbocycles. The fourth-order valence-corrected chi connectivity index (χ4v) is 1.50. The van der Waals surface area contributed by atoms with Crippen molar-refractivity contribution in [1.29, 1.82) is 0 Å². The summed E-state index contributed by atoms with van der Waals surface area (Å²) in [5, 5.41) is 3.03. The van der Waals surface area contributed by atoms with Crippen molar-refractivity contribution in [3.8, 4) is 0 Å². The van der Waals surface area contributed by atoms with E-state index in [2.05, 4.69) is 10.3 Å². The number of nitrogens with zero attached hydrogens (tertiary/aromatic N) is 2. The van der Waals surface area contributed by atoms with Gasteiger partial charge in [0, 0.05) is 18.8 Å². The van der Waals surface area contributed by atoms with Gasteiger partial charge >= 0.3 is 0 Å². The summed E-state index contributed by atoms with van der Waals surface area (Å²) in [4.78, 5) is 17.8. The van der Waals surface area contributed by atoms with Gasteiger partial charge in [0.25, 0.3) is 0 Å². The number of hydrogen-bond donors (Lipinski definition) is 1. The molecule has 1 rings (SSSR count). The molecule has 0 fully saturated rings. The van der Waals surface area contributed by atoms with Crippen LogP contribution in [-0.4, -0.2) is 35.4 Å². The van der Waals surface area contributed by atoms with Gasteiger partial charge in [0.15, 0.2) is 0 Å². The van der Waals surface area contributed by atoms with E-state index in [1.165, 1.54) is 0 Å². The van der Waals surface area contributed by atoms with Gasteiger partial charge in [0.05, 0.1) is 6.54 Å². The van der Waals surface area contributed by atoms with E-state index in [1.807, 2.05) is 39.0 Å². The minimum Gasteiger partial charge on any atom is -0.361 e. The van der Waals surface area contributed by atoms with Crippen LogP contribution < -0.4 is 5.32 Å². The third-order valence-electron chi connectivity index (χ3n) is 2.43. The molecule has 4 nitrogen and oxygen atoms in total. The van der Waals surface area contributed by atoms with Crippen LogP contribution in [0.3, 0.4) is 0 Å². The van der Waals surface area contributed by atoms with Crippen molar-refractivity contribution in [1.82, 2.24) is 9.88 Å². The number of nitrogens with one attached hydrogen (secondary N) is 1. The minimum absolute atomic E-state index is 0.105. The largest absolute Gasteiger partial charge is 0.361 e. The highest BCUT2D eigenvalue weighted by Crippen LogP contribution is 2.03. The monoisotopic (exact) mass is 221 g/mol. The van der Waals surface area contributed by atoms with Gasteiger partial charge in [-0.2, -0.15) is 0 Å². The SMILES string of the molecule is CCN(CC)C(=O)CNc1cccc(C)n1. The highest BCUT2D eigenvalue weighted by Gasteiger charge is 2.08. The van der Waals surface area contributed by atoms with Crippen LogP contribution in [0.1, 0.15) is 19.5 Å². The van der Waals surface area contributed by atoms with Crippen molar-refractivity contribution in [2.75, 3.05) is 25.0 Å². The van der Waals surface area contributed by atoms with Gasteiger partial charge in [-0.05, 0) is 32.9 Å². The second-order valence-electron chi connectivity index (χ2n) is 3.58. The number of likely N-dealkylation sites (N-methyl/N-ethyl adjacent to an activating group) is 1. The molecule has 0 radical (unpaired) electrons. The van der Waals surface area contributed by atoms with E-state index in [9.17, 15) is 4.79 Å². The summed E-state index contributed by atoms with van der Waals surface area (Å²) in [7, 11) is 0. The third kappa shape index (κ3) is 3.53. The summed E-state index contributed by atoms with van der Waals surface area (Å²) in [6, 6.07) is 5.71. The van der Waals surface area contributed by atoms with Crippen LogP contribution in [-0.2, 0) is 4.79 Å². The van der Waals surface area contributed by atoms with Gasteiger partial charge < -0.3 is 10.2 Å². The molecule has 1 aromatic rings. The number of anilines is 1. The molecule has 0 spiro atoms. The Morgan fingerprint density at radius 1 is 1.38 bits per heavy atom. The molecule has 1 heterocycles. The Balaban J connectivity index is 2.48. The number of aromatic nitrogens is 1. The zero-order chi connectivity index (χ0) is 12.0. The summed E-state index contributed by atoms with van der Waals surface area (Å²) < 4.78 is 0. The lowest BCUT2D eigenvalue weighted by atomic mass is 10.3. The fraction of sp³-hybridized carbons (Fsp3) is 0.500. The molecule has 0 bridgehead atoms. The summed E-state index contributed by atoms with van der Waals surface area (Å²) >= 11 is 0. The third-order valence-corrected chi connectivity index (χ3v) is 2.43. The molecule has 1 amide bonds. The number of hydrogen-bond acceptors (Lipinski definition) is 3. The van der Waals surface area contributed by atoms with Crippen LogP contribution >= 0.6 is 0 Å². The standard InChI is InChI=1S/C12H19N3O/c1-4-15(5-2)12(16)9-13-11-8-6-7-10(3)14-11/h6-8H,4-5,9H2,1-3H3,(H,13,14). The van der Waals surface area contributed by atoms with E-state index in [4.69, 9.17) is 0 Å². The quantitative estimate of drug-likeness (QED) is 0.822. The Hall–Kier alpha value is -1.58. The highest BCUT2D eigenvalue weighted by atomic mass is 16.2. The predicted molar refractivity (Wildman–Crippen MR) is 65.4 cm³/mol. The van der Waals surface area contributed by atoms with Gasteiger partial charge in [0.2, 0.25) is 5.91 Å². The highest BCUT2D eigenvalue weighted by molar-refractivity contribution is 5.80. The smallest absolute Gasteiger partial charge is 0.241 e. The number of aryl methyl sites for hydroxylation is 1. The van der Waals surface area contributed by atoms with E-state index in [0.717, 1.165) is 24.6 Å². The van der Waals surface area contributed by atoms with E-state index in [-0.39, 0.29) is 5.91 Å². The Bertz CT molecular complexity index is 348. The average Bonchev–Trinajstić information content (AvgIpc) is 2.28. The molecule has 0 aliphatic heterocycles. The van der Waals surface area contributed by atoms with Crippen molar-refractivity contribution in [3.63, 3.8) is 0 Å². The second-order valence-corrected chi connectivity index (χ2v) is 3.58. The van der Waals surface area contributed by atoms with Crippen LogP contribution in [0.2, 0.25) is 0 Å². The van der Waals surface area contributed by atoms with Gasteiger partial charge in [-0.1, -0.05) is 6.07 Å². The first-order chi connectivity index (χ1) is 7.67. The summed E-state index contributed by atoms with van der Waals surface area (Å²) in [6.07, 6.45) is 0. The first-order valence-electron chi connectivity index (χ1n) is 5.62. The van der Waals surface area contributed by atoms with Crippen LogP contribution in [0, 0.1) is 6.92 Å². The normalized spacial score (nSPS) is 9.94. The maximum atomic E-state index is 11.7. The number of carbonyl (C=O) groups excluding carboxylic acids is 1. The zero-order valence-corrected chi connectivity index (χ0v) is 10.2. The molecule has 0 saturated carbocycles. The molecule has 0 aromatic carbocycles. The molecule has 88 valence electrons. The lowest BCUT2D eigenvalue weighted by Gasteiger charge is -2.18. The Morgan fingerprint density at radius 2 is 2.06 bits per heavy atom. The lowest BCUT2D eigenvalue weighted by Crippen LogP contribution is -2.35. The molecular weight excluding hydrogens is 202 g/mol. The van der Waals surface area contributed by atoms with Crippen LogP contribution in [0.4, 0.5) is 5.82 Å². The van der Waals surface area contributed by atoms with E-state index < -0.39 is 0 Å². The molecule has 0 atom stereocenters. The Kier molecular flexibility index (Phi) is 4.76. The van der Waals surface area contributed by atoms with Crippen molar-refractivity contribution in [2.45, 2.75) is 20.8 Å². The molecule has 0 unspecified atom stereocenters. The number of carbonyl (C=O) groups is 1. The van der Waals surface area contributed by atoms with Crippen molar-refractivity contribution in [2.24, 2.45) is 0 Å². The van der Waals surface area contributed by atoms with Gasteiger partial charge in [-0.25, -0.2) is 4.98 Å². The number of rotatable bonds is 5. The van der Waals surface area contributed by atoms with Crippen molar-refractivity contribution in [3.05, 3.63) is 23.9 Å². The molecular formula is C12H19N3O. The summed E-state index contributed by atoms with van der Waals surface area (Å²) in [5.41, 5.74) is 0.945.